The normalized spacial score (nSPS) is 11.6. The molecular weight excluding hydrogens is 476 g/mol. The van der Waals surface area contributed by atoms with E-state index in [1.807, 2.05) is 72.8 Å². The van der Waals surface area contributed by atoms with Gasteiger partial charge >= 0.3 is 0 Å². The van der Waals surface area contributed by atoms with Gasteiger partial charge in [-0.3, -0.25) is 9.59 Å². The molecule has 0 fully saturated rings. The summed E-state index contributed by atoms with van der Waals surface area (Å²) in [5, 5.41) is 3.70. The Kier molecular flexibility index (Phi) is 11.2. The van der Waals surface area contributed by atoms with E-state index in [4.69, 9.17) is 11.6 Å². The summed E-state index contributed by atoms with van der Waals surface area (Å²) in [7, 11) is 0. The Labute approximate surface area is 218 Å². The van der Waals surface area contributed by atoms with Crippen molar-refractivity contribution in [2.45, 2.75) is 44.5 Å². The number of benzene rings is 3. The molecule has 0 aliphatic rings. The van der Waals surface area contributed by atoms with E-state index < -0.39 is 6.04 Å². The van der Waals surface area contributed by atoms with Crippen molar-refractivity contribution in [1.29, 1.82) is 0 Å². The standard InChI is InChI=1S/C29H33ClN2O2S/c1-2-3-18-31-29(34)27(19-23-10-6-4-7-11-23)32(20-24-14-16-26(30)17-15-24)28(33)22-35-21-25-12-8-5-9-13-25/h4-17,27H,2-3,18-22H2,1H3,(H,31,34). The average molecular weight is 509 g/mol. The number of halogens is 1. The van der Waals surface area contributed by atoms with Gasteiger partial charge in [-0.05, 0) is 35.2 Å². The highest BCUT2D eigenvalue weighted by molar-refractivity contribution is 7.99. The van der Waals surface area contributed by atoms with Crippen LogP contribution >= 0.6 is 23.4 Å². The van der Waals surface area contributed by atoms with E-state index in [-0.39, 0.29) is 11.8 Å². The monoisotopic (exact) mass is 508 g/mol. The van der Waals surface area contributed by atoms with E-state index >= 15 is 0 Å². The molecule has 0 spiro atoms. The van der Waals surface area contributed by atoms with Crippen LogP contribution in [-0.4, -0.2) is 35.1 Å². The first-order valence-corrected chi connectivity index (χ1v) is 13.6. The minimum absolute atomic E-state index is 0.0487. The molecule has 3 aromatic carbocycles. The highest BCUT2D eigenvalue weighted by atomic mass is 35.5. The molecule has 0 saturated heterocycles. The predicted octanol–water partition coefficient (Wildman–Crippen LogP) is 6.13. The maximum absolute atomic E-state index is 13.6. The topological polar surface area (TPSA) is 49.4 Å². The van der Waals surface area contributed by atoms with Gasteiger partial charge in [0.05, 0.1) is 5.75 Å². The van der Waals surface area contributed by atoms with Gasteiger partial charge < -0.3 is 10.2 Å². The number of nitrogens with zero attached hydrogens (tertiary/aromatic N) is 1. The smallest absolute Gasteiger partial charge is 0.243 e. The number of amides is 2. The van der Waals surface area contributed by atoms with Crippen molar-refractivity contribution in [1.82, 2.24) is 10.2 Å². The molecular formula is C29H33ClN2O2S. The summed E-state index contributed by atoms with van der Waals surface area (Å²) < 4.78 is 0. The largest absolute Gasteiger partial charge is 0.354 e. The van der Waals surface area contributed by atoms with Crippen molar-refractivity contribution < 1.29 is 9.59 Å². The highest BCUT2D eigenvalue weighted by Gasteiger charge is 2.30. The van der Waals surface area contributed by atoms with Crippen LogP contribution in [0.4, 0.5) is 0 Å². The van der Waals surface area contributed by atoms with Gasteiger partial charge in [-0.1, -0.05) is 97.7 Å². The highest BCUT2D eigenvalue weighted by Crippen LogP contribution is 2.19. The Morgan fingerprint density at radius 1 is 0.886 bits per heavy atom. The predicted molar refractivity (Wildman–Crippen MR) is 146 cm³/mol. The number of nitrogens with one attached hydrogen (secondary N) is 1. The third-order valence-corrected chi connectivity index (χ3v) is 6.94. The van der Waals surface area contributed by atoms with Gasteiger partial charge in [0.2, 0.25) is 11.8 Å². The summed E-state index contributed by atoms with van der Waals surface area (Å²) >= 11 is 7.65. The number of thioether (sulfide) groups is 1. The maximum Gasteiger partial charge on any atom is 0.243 e. The molecule has 1 unspecified atom stereocenters. The minimum atomic E-state index is -0.602. The fourth-order valence-electron chi connectivity index (χ4n) is 3.76. The van der Waals surface area contributed by atoms with Gasteiger partial charge in [0.15, 0.2) is 0 Å². The van der Waals surface area contributed by atoms with Crippen LogP contribution in [0, 0.1) is 0 Å². The number of carbonyl (C=O) groups is 2. The summed E-state index contributed by atoms with van der Waals surface area (Å²) in [5.74, 6) is 0.883. The van der Waals surface area contributed by atoms with Crippen molar-refractivity contribution in [2.24, 2.45) is 0 Å². The number of hydrogen-bond acceptors (Lipinski definition) is 3. The van der Waals surface area contributed by atoms with Crippen molar-refractivity contribution in [3.05, 3.63) is 107 Å². The van der Waals surface area contributed by atoms with Gasteiger partial charge in [0.1, 0.15) is 6.04 Å². The van der Waals surface area contributed by atoms with Gasteiger partial charge in [-0.2, -0.15) is 0 Å². The fourth-order valence-corrected chi connectivity index (χ4v) is 4.76. The van der Waals surface area contributed by atoms with Crippen molar-refractivity contribution in [3.8, 4) is 0 Å². The minimum Gasteiger partial charge on any atom is -0.354 e. The molecule has 0 saturated carbocycles. The van der Waals surface area contributed by atoms with Gasteiger partial charge in [-0.25, -0.2) is 0 Å². The molecule has 0 bridgehead atoms. The summed E-state index contributed by atoms with van der Waals surface area (Å²) in [6.07, 6.45) is 2.36. The van der Waals surface area contributed by atoms with Crippen LogP contribution < -0.4 is 5.32 Å². The zero-order valence-electron chi connectivity index (χ0n) is 20.2. The summed E-state index contributed by atoms with van der Waals surface area (Å²) in [4.78, 5) is 28.7. The molecule has 3 rings (SSSR count). The third kappa shape index (κ3) is 9.08. The molecule has 4 nitrogen and oxygen atoms in total. The summed E-state index contributed by atoms with van der Waals surface area (Å²) in [6.45, 7) is 3.04. The van der Waals surface area contributed by atoms with Crippen LogP contribution in [0.25, 0.3) is 0 Å². The van der Waals surface area contributed by atoms with Gasteiger partial charge in [0.25, 0.3) is 0 Å². The number of rotatable bonds is 13. The number of hydrogen-bond donors (Lipinski definition) is 1. The second kappa shape index (κ2) is 14.6. The van der Waals surface area contributed by atoms with Crippen molar-refractivity contribution >= 4 is 35.2 Å². The second-order valence-corrected chi connectivity index (χ2v) is 9.90. The van der Waals surface area contributed by atoms with Crippen LogP contribution in [0.3, 0.4) is 0 Å². The number of unbranched alkanes of at least 4 members (excludes halogenated alkanes) is 1. The third-order valence-electron chi connectivity index (χ3n) is 5.70. The lowest BCUT2D eigenvalue weighted by Crippen LogP contribution is -2.51. The quantitative estimate of drug-likeness (QED) is 0.282. The molecule has 6 heteroatoms. The first-order chi connectivity index (χ1) is 17.1. The van der Waals surface area contributed by atoms with Crippen molar-refractivity contribution in [2.75, 3.05) is 12.3 Å². The Morgan fingerprint density at radius 2 is 1.51 bits per heavy atom. The summed E-state index contributed by atoms with van der Waals surface area (Å²) in [5.41, 5.74) is 3.14. The first kappa shape index (κ1) is 26.8. The molecule has 0 aliphatic carbocycles. The lowest BCUT2D eigenvalue weighted by atomic mass is 10.0. The average Bonchev–Trinajstić information content (AvgIpc) is 2.88. The molecule has 0 aromatic heterocycles. The molecule has 2 amide bonds. The SMILES string of the molecule is CCCCNC(=O)C(Cc1ccccc1)N(Cc1ccc(Cl)cc1)C(=O)CSCc1ccccc1. The molecule has 0 aliphatic heterocycles. The lowest BCUT2D eigenvalue weighted by Gasteiger charge is -2.31. The molecule has 1 N–H and O–H groups in total. The molecule has 184 valence electrons. The Bertz CT molecular complexity index is 1050. The second-order valence-electron chi connectivity index (χ2n) is 8.48. The van der Waals surface area contributed by atoms with E-state index in [1.165, 1.54) is 5.56 Å². The Morgan fingerprint density at radius 3 is 2.14 bits per heavy atom. The van der Waals surface area contributed by atoms with Gasteiger partial charge in [0, 0.05) is 30.3 Å². The Hall–Kier alpha value is -2.76. The fraction of sp³-hybridized carbons (Fsp3) is 0.310. The van der Waals surface area contributed by atoms with E-state index in [0.717, 1.165) is 29.7 Å². The zero-order valence-corrected chi connectivity index (χ0v) is 21.7. The molecule has 0 radical (unpaired) electrons. The maximum atomic E-state index is 13.6. The van der Waals surface area contributed by atoms with Gasteiger partial charge in [-0.15, -0.1) is 11.8 Å². The summed E-state index contributed by atoms with van der Waals surface area (Å²) in [6, 6.07) is 26.8. The molecule has 35 heavy (non-hydrogen) atoms. The van der Waals surface area contributed by atoms with Crippen molar-refractivity contribution in [3.63, 3.8) is 0 Å². The zero-order chi connectivity index (χ0) is 24.9. The van der Waals surface area contributed by atoms with E-state index in [2.05, 4.69) is 24.4 Å². The first-order valence-electron chi connectivity index (χ1n) is 12.0. The van der Waals surface area contributed by atoms with Crippen LogP contribution in [0.2, 0.25) is 5.02 Å². The molecule has 1 atom stereocenters. The Balaban J connectivity index is 1.82. The van der Waals surface area contributed by atoms with Crippen LogP contribution in [-0.2, 0) is 28.3 Å². The van der Waals surface area contributed by atoms with Crippen LogP contribution in [0.15, 0.2) is 84.9 Å². The van der Waals surface area contributed by atoms with E-state index in [1.54, 1.807) is 16.7 Å². The molecule has 3 aromatic rings. The van der Waals surface area contributed by atoms with Crippen LogP contribution in [0.5, 0.6) is 0 Å². The van der Waals surface area contributed by atoms with E-state index in [0.29, 0.717) is 30.3 Å². The van der Waals surface area contributed by atoms with E-state index in [9.17, 15) is 9.59 Å². The number of carbonyl (C=O) groups excluding carboxylic acids is 2. The molecule has 0 heterocycles. The lowest BCUT2D eigenvalue weighted by molar-refractivity contribution is -0.139. The van der Waals surface area contributed by atoms with Crippen LogP contribution in [0.1, 0.15) is 36.5 Å².